The number of aromatic nitrogens is 6. The van der Waals surface area contributed by atoms with Gasteiger partial charge in [0, 0.05) is 12.1 Å². The first-order valence-corrected chi connectivity index (χ1v) is 12.5. The number of hydrogen-bond donors (Lipinski definition) is 2. The highest BCUT2D eigenvalue weighted by molar-refractivity contribution is 6.05. The summed E-state index contributed by atoms with van der Waals surface area (Å²) in [5.41, 5.74) is 6.12. The van der Waals surface area contributed by atoms with Crippen molar-refractivity contribution in [2.75, 3.05) is 13.2 Å². The number of ether oxygens (including phenoxy) is 1. The van der Waals surface area contributed by atoms with Crippen molar-refractivity contribution in [3.05, 3.63) is 77.9 Å². The topological polar surface area (TPSA) is 111 Å². The summed E-state index contributed by atoms with van der Waals surface area (Å²) in [6.07, 6.45) is 1.96. The van der Waals surface area contributed by atoms with Crippen LogP contribution < -0.4 is 10.1 Å². The molecule has 5 rings (SSSR count). The number of carbonyl (C=O) groups is 1. The lowest BCUT2D eigenvalue weighted by Gasteiger charge is -2.13. The van der Waals surface area contributed by atoms with E-state index in [1.165, 1.54) is 0 Å². The first kappa shape index (κ1) is 24.2. The number of nitrogens with zero attached hydrogens (tertiary/aromatic N) is 5. The monoisotopic (exact) mass is 495 g/mol. The van der Waals surface area contributed by atoms with Gasteiger partial charge in [-0.15, -0.1) is 10.2 Å². The number of unbranched alkanes of at least 4 members (excludes halogenated alkanes) is 1. The molecule has 0 fully saturated rings. The second kappa shape index (κ2) is 11.0. The third-order valence-electron chi connectivity index (χ3n) is 6.18. The van der Waals surface area contributed by atoms with E-state index in [1.807, 2.05) is 54.0 Å². The van der Waals surface area contributed by atoms with Crippen LogP contribution in [0, 0.1) is 0 Å². The molecule has 0 bridgehead atoms. The van der Waals surface area contributed by atoms with Crippen LogP contribution in [-0.2, 0) is 6.54 Å². The number of benzene rings is 3. The Morgan fingerprint density at radius 1 is 1.00 bits per heavy atom. The summed E-state index contributed by atoms with van der Waals surface area (Å²) in [4.78, 5) is 17.7. The standard InChI is InChI=1S/C28H29N7O2/c1-3-5-17-29-27(36)23-11-8-12-24-25(23)35(28(30-24)37-4-2)18-19-13-15-20(16-14-19)21-9-6-7-10-22(21)26-31-33-34-32-26/h6-16H,3-5,17-18H2,1-2H3,(H,29,36)(H,31,32,33,34). The predicted molar refractivity (Wildman–Crippen MR) is 142 cm³/mol. The number of tetrazole rings is 1. The Kier molecular flexibility index (Phi) is 7.21. The Bertz CT molecular complexity index is 1490. The van der Waals surface area contributed by atoms with Crippen LogP contribution in [0.2, 0.25) is 0 Å². The number of rotatable bonds is 10. The van der Waals surface area contributed by atoms with Crippen molar-refractivity contribution < 1.29 is 9.53 Å². The number of fused-ring (bicyclic) bond motifs is 1. The SMILES string of the molecule is CCCCNC(=O)c1cccc2nc(OCC)n(Cc3ccc(-c4ccccc4-c4nn[nH]n4)cc3)c12. The number of amides is 1. The molecule has 3 aromatic carbocycles. The zero-order chi connectivity index (χ0) is 25.6. The lowest BCUT2D eigenvalue weighted by molar-refractivity contribution is 0.0954. The quantitative estimate of drug-likeness (QED) is 0.268. The zero-order valence-corrected chi connectivity index (χ0v) is 20.9. The second-order valence-electron chi connectivity index (χ2n) is 8.67. The zero-order valence-electron chi connectivity index (χ0n) is 20.9. The first-order valence-electron chi connectivity index (χ1n) is 12.5. The highest BCUT2D eigenvalue weighted by Crippen LogP contribution is 2.31. The van der Waals surface area contributed by atoms with Gasteiger partial charge in [0.15, 0.2) is 0 Å². The molecule has 0 saturated carbocycles. The number of imidazole rings is 1. The molecular weight excluding hydrogens is 466 g/mol. The van der Waals surface area contributed by atoms with Crippen LogP contribution in [0.15, 0.2) is 66.7 Å². The number of nitrogens with one attached hydrogen (secondary N) is 2. The first-order chi connectivity index (χ1) is 18.2. The van der Waals surface area contributed by atoms with Gasteiger partial charge in [-0.25, -0.2) is 0 Å². The minimum absolute atomic E-state index is 0.100. The average Bonchev–Trinajstić information content (AvgIpc) is 3.58. The van der Waals surface area contributed by atoms with Gasteiger partial charge in [-0.1, -0.05) is 67.9 Å². The maximum Gasteiger partial charge on any atom is 0.297 e. The van der Waals surface area contributed by atoms with E-state index >= 15 is 0 Å². The third kappa shape index (κ3) is 5.06. The summed E-state index contributed by atoms with van der Waals surface area (Å²) in [5.74, 6) is 0.451. The molecule has 0 aliphatic heterocycles. The van der Waals surface area contributed by atoms with Gasteiger partial charge in [0.2, 0.25) is 5.82 Å². The number of para-hydroxylation sites is 1. The van der Waals surface area contributed by atoms with E-state index in [0.717, 1.165) is 46.1 Å². The summed E-state index contributed by atoms with van der Waals surface area (Å²) in [5, 5.41) is 17.5. The van der Waals surface area contributed by atoms with Crippen molar-refractivity contribution in [1.29, 1.82) is 0 Å². The smallest absolute Gasteiger partial charge is 0.297 e. The molecular formula is C28H29N7O2. The van der Waals surface area contributed by atoms with E-state index in [9.17, 15) is 4.79 Å². The Morgan fingerprint density at radius 2 is 1.81 bits per heavy atom. The third-order valence-corrected chi connectivity index (χ3v) is 6.18. The van der Waals surface area contributed by atoms with Gasteiger partial charge >= 0.3 is 0 Å². The largest absolute Gasteiger partial charge is 0.465 e. The highest BCUT2D eigenvalue weighted by atomic mass is 16.5. The number of carbonyl (C=O) groups excluding carboxylic acids is 1. The Hall–Kier alpha value is -4.53. The molecule has 37 heavy (non-hydrogen) atoms. The molecule has 188 valence electrons. The lowest BCUT2D eigenvalue weighted by atomic mass is 9.98. The summed E-state index contributed by atoms with van der Waals surface area (Å²) >= 11 is 0. The molecule has 2 heterocycles. The molecule has 0 radical (unpaired) electrons. The van der Waals surface area contributed by atoms with E-state index in [4.69, 9.17) is 4.74 Å². The Labute approximate surface area is 214 Å². The molecule has 1 amide bonds. The van der Waals surface area contributed by atoms with Crippen molar-refractivity contribution in [1.82, 2.24) is 35.5 Å². The molecule has 0 unspecified atom stereocenters. The highest BCUT2D eigenvalue weighted by Gasteiger charge is 2.19. The van der Waals surface area contributed by atoms with Gasteiger partial charge in [-0.2, -0.15) is 10.2 Å². The van der Waals surface area contributed by atoms with E-state index < -0.39 is 0 Å². The van der Waals surface area contributed by atoms with E-state index in [2.05, 4.69) is 62.1 Å². The normalized spacial score (nSPS) is 11.1. The summed E-state index contributed by atoms with van der Waals surface area (Å²) in [7, 11) is 0. The van der Waals surface area contributed by atoms with E-state index in [0.29, 0.717) is 37.1 Å². The number of hydrogen-bond acceptors (Lipinski definition) is 6. The maximum absolute atomic E-state index is 13.0. The van der Waals surface area contributed by atoms with Gasteiger partial charge in [-0.05, 0) is 47.4 Å². The van der Waals surface area contributed by atoms with Crippen LogP contribution in [0.5, 0.6) is 6.01 Å². The molecule has 0 atom stereocenters. The summed E-state index contributed by atoms with van der Waals surface area (Å²) in [6.45, 7) is 5.67. The molecule has 0 spiro atoms. The fraction of sp³-hybridized carbons (Fsp3) is 0.250. The van der Waals surface area contributed by atoms with Gasteiger partial charge in [0.05, 0.1) is 29.7 Å². The second-order valence-corrected chi connectivity index (χ2v) is 8.67. The van der Waals surface area contributed by atoms with Gasteiger partial charge < -0.3 is 10.1 Å². The van der Waals surface area contributed by atoms with Crippen molar-refractivity contribution in [3.63, 3.8) is 0 Å². The van der Waals surface area contributed by atoms with Crippen molar-refractivity contribution in [3.8, 4) is 28.5 Å². The molecule has 5 aromatic rings. The number of aromatic amines is 1. The Balaban J connectivity index is 1.48. The summed E-state index contributed by atoms with van der Waals surface area (Å²) < 4.78 is 7.86. The predicted octanol–water partition coefficient (Wildman–Crippen LogP) is 4.86. The molecule has 0 aliphatic rings. The van der Waals surface area contributed by atoms with Crippen molar-refractivity contribution in [2.45, 2.75) is 33.2 Å². The fourth-order valence-electron chi connectivity index (χ4n) is 4.39. The molecule has 0 saturated heterocycles. The molecule has 0 aliphatic carbocycles. The van der Waals surface area contributed by atoms with Gasteiger partial charge in [0.1, 0.15) is 0 Å². The van der Waals surface area contributed by atoms with Crippen LogP contribution in [0.25, 0.3) is 33.5 Å². The average molecular weight is 496 g/mol. The minimum Gasteiger partial charge on any atom is -0.465 e. The Morgan fingerprint density at radius 3 is 2.54 bits per heavy atom. The van der Waals surface area contributed by atoms with Gasteiger partial charge in [0.25, 0.3) is 11.9 Å². The van der Waals surface area contributed by atoms with Crippen LogP contribution in [0.1, 0.15) is 42.6 Å². The van der Waals surface area contributed by atoms with Crippen LogP contribution >= 0.6 is 0 Å². The van der Waals surface area contributed by atoms with E-state index in [-0.39, 0.29) is 5.91 Å². The minimum atomic E-state index is -0.100. The van der Waals surface area contributed by atoms with Crippen LogP contribution in [0.4, 0.5) is 0 Å². The fourth-order valence-corrected chi connectivity index (χ4v) is 4.39. The van der Waals surface area contributed by atoms with Crippen molar-refractivity contribution >= 4 is 16.9 Å². The lowest BCUT2D eigenvalue weighted by Crippen LogP contribution is -2.25. The number of H-pyrrole nitrogens is 1. The molecule has 2 aromatic heterocycles. The molecule has 9 heteroatoms. The van der Waals surface area contributed by atoms with Crippen LogP contribution in [-0.4, -0.2) is 49.2 Å². The van der Waals surface area contributed by atoms with E-state index in [1.54, 1.807) is 0 Å². The van der Waals surface area contributed by atoms with Crippen LogP contribution in [0.3, 0.4) is 0 Å². The summed E-state index contributed by atoms with van der Waals surface area (Å²) in [6, 6.07) is 22.4. The van der Waals surface area contributed by atoms with Gasteiger partial charge in [-0.3, -0.25) is 9.36 Å². The molecule has 2 N–H and O–H groups in total. The van der Waals surface area contributed by atoms with Crippen molar-refractivity contribution in [2.24, 2.45) is 0 Å². The maximum atomic E-state index is 13.0. The molecule has 9 nitrogen and oxygen atoms in total.